The summed E-state index contributed by atoms with van der Waals surface area (Å²) in [6, 6.07) is 12.1. The fourth-order valence-electron chi connectivity index (χ4n) is 2.43. The Hall–Kier alpha value is -1.54. The lowest BCUT2D eigenvalue weighted by Gasteiger charge is -2.13. The summed E-state index contributed by atoms with van der Waals surface area (Å²) in [5.41, 5.74) is 3.47. The third kappa shape index (κ3) is 1.29. The average molecular weight is 199 g/mol. The second kappa shape index (κ2) is 3.24. The molecule has 76 valence electrons. The second-order valence-corrected chi connectivity index (χ2v) is 4.08. The van der Waals surface area contributed by atoms with Gasteiger partial charge in [-0.1, -0.05) is 24.3 Å². The van der Waals surface area contributed by atoms with E-state index in [0.717, 1.165) is 17.7 Å². The molecule has 1 aromatic heterocycles. The topological polar surface area (TPSA) is 36.0 Å². The number of benzene rings is 1. The zero-order valence-corrected chi connectivity index (χ0v) is 8.35. The van der Waals surface area contributed by atoms with Crippen molar-refractivity contribution in [3.63, 3.8) is 0 Å². The van der Waals surface area contributed by atoms with Crippen LogP contribution >= 0.6 is 0 Å². The molecule has 3 rings (SSSR count). The highest BCUT2D eigenvalue weighted by atomic mass is 16.3. The summed E-state index contributed by atoms with van der Waals surface area (Å²) in [4.78, 5) is 3.18. The van der Waals surface area contributed by atoms with Crippen LogP contribution in [0.5, 0.6) is 0 Å². The van der Waals surface area contributed by atoms with Gasteiger partial charge < -0.3 is 10.1 Å². The lowest BCUT2D eigenvalue weighted by atomic mass is 10.00. The molecule has 0 spiro atoms. The van der Waals surface area contributed by atoms with E-state index in [1.165, 1.54) is 5.56 Å². The van der Waals surface area contributed by atoms with Crippen LogP contribution in [0.15, 0.2) is 42.6 Å². The normalized spacial score (nSPS) is 24.1. The summed E-state index contributed by atoms with van der Waals surface area (Å²) >= 11 is 0. The summed E-state index contributed by atoms with van der Waals surface area (Å²) in [5.74, 6) is 0.192. The van der Waals surface area contributed by atoms with E-state index < -0.39 is 0 Å². The standard InChI is InChI=1S/C13H13NO/c15-13-10-5-2-1-4-9(10)8-11(13)12-6-3-7-14-12/h1-7,11,13-15H,8H2. The van der Waals surface area contributed by atoms with Crippen LogP contribution in [0.25, 0.3) is 0 Å². The number of aromatic nitrogens is 1. The Bertz CT molecular complexity index is 461. The van der Waals surface area contributed by atoms with Crippen LogP contribution in [0.3, 0.4) is 0 Å². The molecule has 0 amide bonds. The first kappa shape index (κ1) is 8.74. The SMILES string of the molecule is OC1c2ccccc2CC1c1ccc[nH]1. The molecular weight excluding hydrogens is 186 g/mol. The van der Waals surface area contributed by atoms with Crippen molar-refractivity contribution in [3.8, 4) is 0 Å². The third-order valence-corrected chi connectivity index (χ3v) is 3.22. The van der Waals surface area contributed by atoms with Gasteiger partial charge in [-0.2, -0.15) is 0 Å². The molecular formula is C13H13NO. The fraction of sp³-hybridized carbons (Fsp3) is 0.231. The highest BCUT2D eigenvalue weighted by Crippen LogP contribution is 2.41. The number of aliphatic hydroxyl groups excluding tert-OH is 1. The van der Waals surface area contributed by atoms with Gasteiger partial charge in [-0.05, 0) is 29.7 Å². The van der Waals surface area contributed by atoms with E-state index in [9.17, 15) is 5.11 Å². The van der Waals surface area contributed by atoms with Gasteiger partial charge in [-0.25, -0.2) is 0 Å². The maximum Gasteiger partial charge on any atom is 0.0878 e. The Labute approximate surface area is 88.6 Å². The number of hydrogen-bond donors (Lipinski definition) is 2. The first-order chi connectivity index (χ1) is 7.36. The van der Waals surface area contributed by atoms with Gasteiger partial charge in [0.25, 0.3) is 0 Å². The van der Waals surface area contributed by atoms with Crippen molar-refractivity contribution in [2.75, 3.05) is 0 Å². The van der Waals surface area contributed by atoms with E-state index in [-0.39, 0.29) is 12.0 Å². The largest absolute Gasteiger partial charge is 0.388 e. The van der Waals surface area contributed by atoms with Crippen LogP contribution < -0.4 is 0 Å². The molecule has 0 saturated heterocycles. The molecule has 0 bridgehead atoms. The van der Waals surface area contributed by atoms with Gasteiger partial charge in [0.1, 0.15) is 0 Å². The van der Waals surface area contributed by atoms with Crippen LogP contribution in [0.2, 0.25) is 0 Å². The molecule has 1 heterocycles. The molecule has 1 aromatic carbocycles. The van der Waals surface area contributed by atoms with Gasteiger partial charge in [0, 0.05) is 17.8 Å². The summed E-state index contributed by atoms with van der Waals surface area (Å²) in [7, 11) is 0. The number of H-pyrrole nitrogens is 1. The van der Waals surface area contributed by atoms with Crippen molar-refractivity contribution in [1.82, 2.24) is 4.98 Å². The molecule has 2 heteroatoms. The number of fused-ring (bicyclic) bond motifs is 1. The Kier molecular flexibility index (Phi) is 1.89. The maximum atomic E-state index is 10.2. The van der Waals surface area contributed by atoms with E-state index >= 15 is 0 Å². The van der Waals surface area contributed by atoms with Crippen molar-refractivity contribution >= 4 is 0 Å². The molecule has 1 aliphatic rings. The Morgan fingerprint density at radius 3 is 2.73 bits per heavy atom. The van der Waals surface area contributed by atoms with Crippen molar-refractivity contribution in [2.24, 2.45) is 0 Å². The minimum atomic E-state index is -0.361. The van der Waals surface area contributed by atoms with E-state index in [1.54, 1.807) is 0 Å². The smallest absolute Gasteiger partial charge is 0.0878 e. The Morgan fingerprint density at radius 2 is 2.00 bits per heavy atom. The fourth-order valence-corrected chi connectivity index (χ4v) is 2.43. The minimum absolute atomic E-state index is 0.192. The number of hydrogen-bond acceptors (Lipinski definition) is 1. The third-order valence-electron chi connectivity index (χ3n) is 3.22. The molecule has 2 nitrogen and oxygen atoms in total. The molecule has 0 aliphatic heterocycles. The molecule has 2 atom stereocenters. The quantitative estimate of drug-likeness (QED) is 0.726. The van der Waals surface area contributed by atoms with Crippen LogP contribution in [0.4, 0.5) is 0 Å². The lowest BCUT2D eigenvalue weighted by molar-refractivity contribution is 0.156. The Morgan fingerprint density at radius 1 is 1.13 bits per heavy atom. The number of rotatable bonds is 1. The lowest BCUT2D eigenvalue weighted by Crippen LogP contribution is -2.05. The molecule has 15 heavy (non-hydrogen) atoms. The van der Waals surface area contributed by atoms with Crippen LogP contribution in [-0.2, 0) is 6.42 Å². The summed E-state index contributed by atoms with van der Waals surface area (Å²) in [5, 5.41) is 10.2. The number of nitrogens with one attached hydrogen (secondary N) is 1. The monoisotopic (exact) mass is 199 g/mol. The first-order valence-corrected chi connectivity index (χ1v) is 5.25. The maximum absolute atomic E-state index is 10.2. The van der Waals surface area contributed by atoms with Gasteiger partial charge in [-0.15, -0.1) is 0 Å². The first-order valence-electron chi connectivity index (χ1n) is 5.25. The Balaban J connectivity index is 2.00. The van der Waals surface area contributed by atoms with Gasteiger partial charge >= 0.3 is 0 Å². The summed E-state index contributed by atoms with van der Waals surface area (Å²) in [6.07, 6.45) is 2.47. The predicted octanol–water partition coefficient (Wildman–Crippen LogP) is 2.39. The van der Waals surface area contributed by atoms with E-state index in [1.807, 2.05) is 36.5 Å². The molecule has 2 aromatic rings. The molecule has 2 N–H and O–H groups in total. The van der Waals surface area contributed by atoms with Gasteiger partial charge in [0.05, 0.1) is 6.10 Å². The minimum Gasteiger partial charge on any atom is -0.388 e. The summed E-state index contributed by atoms with van der Waals surface area (Å²) in [6.45, 7) is 0. The highest BCUT2D eigenvalue weighted by molar-refractivity contribution is 5.38. The van der Waals surface area contributed by atoms with Gasteiger partial charge in [-0.3, -0.25) is 0 Å². The van der Waals surface area contributed by atoms with Crippen molar-refractivity contribution in [1.29, 1.82) is 0 Å². The van der Waals surface area contributed by atoms with E-state index in [0.29, 0.717) is 0 Å². The highest BCUT2D eigenvalue weighted by Gasteiger charge is 2.31. The molecule has 0 radical (unpaired) electrons. The molecule has 2 unspecified atom stereocenters. The van der Waals surface area contributed by atoms with Crippen LogP contribution in [-0.4, -0.2) is 10.1 Å². The van der Waals surface area contributed by atoms with E-state index in [2.05, 4.69) is 11.1 Å². The van der Waals surface area contributed by atoms with Gasteiger partial charge in [0.15, 0.2) is 0 Å². The zero-order valence-electron chi connectivity index (χ0n) is 8.35. The van der Waals surface area contributed by atoms with Crippen molar-refractivity contribution in [3.05, 3.63) is 59.4 Å². The van der Waals surface area contributed by atoms with Crippen LogP contribution in [0.1, 0.15) is 28.8 Å². The van der Waals surface area contributed by atoms with Crippen molar-refractivity contribution < 1.29 is 5.11 Å². The molecule has 0 saturated carbocycles. The predicted molar refractivity (Wildman–Crippen MR) is 58.6 cm³/mol. The van der Waals surface area contributed by atoms with Crippen molar-refractivity contribution in [2.45, 2.75) is 18.4 Å². The van der Waals surface area contributed by atoms with Crippen LogP contribution in [0, 0.1) is 0 Å². The second-order valence-electron chi connectivity index (χ2n) is 4.08. The van der Waals surface area contributed by atoms with Gasteiger partial charge in [0.2, 0.25) is 0 Å². The van der Waals surface area contributed by atoms with E-state index in [4.69, 9.17) is 0 Å². The average Bonchev–Trinajstić information content (AvgIpc) is 2.87. The molecule has 0 fully saturated rings. The summed E-state index contributed by atoms with van der Waals surface area (Å²) < 4.78 is 0. The number of aliphatic hydroxyl groups is 1. The number of aromatic amines is 1. The molecule has 1 aliphatic carbocycles. The zero-order chi connectivity index (χ0) is 10.3.